The van der Waals surface area contributed by atoms with Gasteiger partial charge in [-0.15, -0.1) is 0 Å². The smallest absolute Gasteiger partial charge is 0.348 e. The van der Waals surface area contributed by atoms with Gasteiger partial charge in [0, 0.05) is 6.42 Å². The van der Waals surface area contributed by atoms with E-state index < -0.39 is 78.7 Å². The molecule has 1 amide bonds. The number of hydrogen-bond donors (Lipinski definition) is 2. The number of carbonyl (C=O) groups is 7. The molecule has 0 bridgehead atoms. The zero-order valence-corrected chi connectivity index (χ0v) is 28.9. The first-order chi connectivity index (χ1) is 24.9. The van der Waals surface area contributed by atoms with E-state index in [0.29, 0.717) is 5.56 Å². The summed E-state index contributed by atoms with van der Waals surface area (Å²) < 4.78 is 25.7. The van der Waals surface area contributed by atoms with E-state index in [4.69, 9.17) is 29.4 Å². The van der Waals surface area contributed by atoms with Crippen molar-refractivity contribution in [2.45, 2.75) is 77.0 Å². The molecule has 3 rings (SSSR count). The Hall–Kier alpha value is -5.89. The molecule has 0 saturated heterocycles. The second kappa shape index (κ2) is 21.4. The summed E-state index contributed by atoms with van der Waals surface area (Å²) in [5, 5.41) is 2.43. The van der Waals surface area contributed by atoms with Crippen molar-refractivity contribution in [3.8, 4) is 0 Å². The van der Waals surface area contributed by atoms with Crippen LogP contribution in [0.1, 0.15) is 61.0 Å². The van der Waals surface area contributed by atoms with E-state index in [1.54, 1.807) is 72.8 Å². The Bertz CT molecular complexity index is 1650. The molecule has 0 aromatic heterocycles. The number of carbonyl (C=O) groups excluding carboxylic acids is 7. The molecular weight excluding hydrogens is 676 g/mol. The molecule has 0 spiro atoms. The van der Waals surface area contributed by atoms with Gasteiger partial charge in [-0.25, -0.2) is 14.4 Å². The number of benzene rings is 3. The van der Waals surface area contributed by atoms with Crippen molar-refractivity contribution in [3.05, 3.63) is 108 Å². The Balaban J connectivity index is 1.48. The van der Waals surface area contributed by atoms with Crippen LogP contribution in [-0.4, -0.2) is 72.4 Å². The zero-order valence-electron chi connectivity index (χ0n) is 28.9. The average Bonchev–Trinajstić information content (AvgIpc) is 3.15. The van der Waals surface area contributed by atoms with Gasteiger partial charge in [0.2, 0.25) is 5.91 Å². The molecule has 0 aliphatic carbocycles. The molecule has 3 N–H and O–H groups in total. The summed E-state index contributed by atoms with van der Waals surface area (Å²) in [4.78, 5) is 88.0. The van der Waals surface area contributed by atoms with Crippen molar-refractivity contribution in [2.75, 3.05) is 6.61 Å². The van der Waals surface area contributed by atoms with E-state index in [9.17, 15) is 33.6 Å². The Morgan fingerprint density at radius 2 is 1.13 bits per heavy atom. The lowest BCUT2D eigenvalue weighted by atomic mass is 10.0. The summed E-state index contributed by atoms with van der Waals surface area (Å²) in [6, 6.07) is 23.0. The molecule has 276 valence electrons. The molecule has 4 unspecified atom stereocenters. The van der Waals surface area contributed by atoms with Crippen LogP contribution in [0.15, 0.2) is 91.0 Å². The summed E-state index contributed by atoms with van der Waals surface area (Å²) in [5.41, 5.74) is 7.62. The van der Waals surface area contributed by atoms with Crippen LogP contribution in [0.25, 0.3) is 0 Å². The summed E-state index contributed by atoms with van der Waals surface area (Å²) in [5.74, 6) is -5.59. The van der Waals surface area contributed by atoms with Gasteiger partial charge < -0.3 is 34.7 Å². The van der Waals surface area contributed by atoms with Gasteiger partial charge in [-0.3, -0.25) is 19.2 Å². The maximum Gasteiger partial charge on any atom is 0.348 e. The minimum Gasteiger partial charge on any atom is -0.463 e. The van der Waals surface area contributed by atoms with E-state index in [-0.39, 0.29) is 38.2 Å². The highest BCUT2D eigenvalue weighted by Gasteiger charge is 2.29. The molecule has 3 aromatic rings. The molecule has 0 aliphatic rings. The fourth-order valence-electron chi connectivity index (χ4n) is 4.44. The van der Waals surface area contributed by atoms with Crippen molar-refractivity contribution in [3.63, 3.8) is 0 Å². The van der Waals surface area contributed by atoms with Crippen LogP contribution >= 0.6 is 0 Å². The third kappa shape index (κ3) is 14.5. The third-order valence-electron chi connectivity index (χ3n) is 7.35. The second-order valence-corrected chi connectivity index (χ2v) is 11.6. The lowest BCUT2D eigenvalue weighted by molar-refractivity contribution is -0.171. The Labute approximate surface area is 300 Å². The normalized spacial score (nSPS) is 12.9. The monoisotopic (exact) mass is 718 g/mol. The highest BCUT2D eigenvalue weighted by molar-refractivity contribution is 5.94. The van der Waals surface area contributed by atoms with Gasteiger partial charge >= 0.3 is 29.8 Å². The van der Waals surface area contributed by atoms with Crippen molar-refractivity contribution in [1.29, 1.82) is 0 Å². The van der Waals surface area contributed by atoms with E-state index >= 15 is 0 Å². The lowest BCUT2D eigenvalue weighted by Crippen LogP contribution is -2.50. The topological polar surface area (TPSA) is 204 Å². The van der Waals surface area contributed by atoms with Crippen molar-refractivity contribution in [1.82, 2.24) is 5.32 Å². The third-order valence-corrected chi connectivity index (χ3v) is 7.35. The van der Waals surface area contributed by atoms with Gasteiger partial charge in [-0.1, -0.05) is 78.9 Å². The number of nitrogens with two attached hydrogens (primary N) is 1. The predicted molar refractivity (Wildman–Crippen MR) is 184 cm³/mol. The highest BCUT2D eigenvalue weighted by Crippen LogP contribution is 2.10. The van der Waals surface area contributed by atoms with Crippen LogP contribution in [-0.2, 0) is 65.7 Å². The number of esters is 5. The predicted octanol–water partition coefficient (Wildman–Crippen LogP) is 3.14. The molecule has 0 heterocycles. The van der Waals surface area contributed by atoms with Gasteiger partial charge in [-0.05, 0) is 43.5 Å². The van der Waals surface area contributed by atoms with E-state index in [1.165, 1.54) is 26.0 Å². The zero-order chi connectivity index (χ0) is 37.9. The van der Waals surface area contributed by atoms with Crippen LogP contribution in [0.2, 0.25) is 0 Å². The molecule has 0 radical (unpaired) electrons. The SMILES string of the molecule is CC(OC(=O)c1ccccc1)C(=O)OC(C)C(=O)OCCCC(=O)C(CC(=O)OCc1ccccc1)NC(=O)C(N)CC(=O)OCc1ccccc1. The number of rotatable bonds is 20. The van der Waals surface area contributed by atoms with Crippen molar-refractivity contribution in [2.24, 2.45) is 5.73 Å². The van der Waals surface area contributed by atoms with Gasteiger partial charge in [0.25, 0.3) is 0 Å². The standard InChI is InChI=1S/C38H42N2O12/c1-25(51-37(46)26(2)52-38(47)29-17-10-5-11-18-29)36(45)48-20-12-19-32(41)31(22-34(43)50-24-28-15-8-4-9-16-28)40-35(44)30(39)21-33(42)49-23-27-13-6-3-7-14-27/h3-11,13-18,25-26,30-31H,12,19-24,39H2,1-2H3,(H,40,44). The van der Waals surface area contributed by atoms with E-state index in [0.717, 1.165) is 5.56 Å². The number of ketones is 1. The van der Waals surface area contributed by atoms with Gasteiger partial charge in [0.15, 0.2) is 18.0 Å². The lowest BCUT2D eigenvalue weighted by Gasteiger charge is -2.20. The minimum atomic E-state index is -1.38. The summed E-state index contributed by atoms with van der Waals surface area (Å²) >= 11 is 0. The quantitative estimate of drug-likeness (QED) is 0.0981. The summed E-state index contributed by atoms with van der Waals surface area (Å²) in [6.07, 6.45) is -3.92. The van der Waals surface area contributed by atoms with Crippen LogP contribution in [0, 0.1) is 0 Å². The molecule has 14 nitrogen and oxygen atoms in total. The number of amides is 1. The summed E-state index contributed by atoms with van der Waals surface area (Å²) in [7, 11) is 0. The Kier molecular flexibility index (Phi) is 16.6. The molecule has 14 heteroatoms. The van der Waals surface area contributed by atoms with Crippen molar-refractivity contribution < 1.29 is 57.2 Å². The minimum absolute atomic E-state index is 0.0143. The van der Waals surface area contributed by atoms with Crippen LogP contribution < -0.4 is 11.1 Å². The molecular formula is C38H42N2O12. The van der Waals surface area contributed by atoms with Gasteiger partial charge in [0.1, 0.15) is 13.2 Å². The molecule has 4 atom stereocenters. The Morgan fingerprint density at radius 3 is 1.69 bits per heavy atom. The van der Waals surface area contributed by atoms with Gasteiger partial charge in [-0.2, -0.15) is 0 Å². The average molecular weight is 719 g/mol. The number of hydrogen-bond acceptors (Lipinski definition) is 13. The fraction of sp³-hybridized carbons (Fsp3) is 0.342. The van der Waals surface area contributed by atoms with Gasteiger partial charge in [0.05, 0.1) is 37.1 Å². The first-order valence-corrected chi connectivity index (χ1v) is 16.5. The maximum absolute atomic E-state index is 13.2. The van der Waals surface area contributed by atoms with E-state index in [2.05, 4.69) is 5.32 Å². The Morgan fingerprint density at radius 1 is 0.635 bits per heavy atom. The largest absolute Gasteiger partial charge is 0.463 e. The van der Waals surface area contributed by atoms with Crippen LogP contribution in [0.3, 0.4) is 0 Å². The fourth-order valence-corrected chi connectivity index (χ4v) is 4.44. The molecule has 0 saturated carbocycles. The number of Topliss-reactive ketones (excluding diaryl/α,β-unsaturated/α-hetero) is 1. The van der Waals surface area contributed by atoms with E-state index in [1.807, 2.05) is 6.07 Å². The number of nitrogens with one attached hydrogen (secondary N) is 1. The number of ether oxygens (including phenoxy) is 5. The van der Waals surface area contributed by atoms with Crippen molar-refractivity contribution >= 4 is 41.5 Å². The summed E-state index contributed by atoms with van der Waals surface area (Å²) in [6.45, 7) is 2.22. The second-order valence-electron chi connectivity index (χ2n) is 11.6. The molecule has 0 fully saturated rings. The molecule has 52 heavy (non-hydrogen) atoms. The van der Waals surface area contributed by atoms with Crippen LogP contribution in [0.4, 0.5) is 0 Å². The maximum atomic E-state index is 13.2. The molecule has 0 aliphatic heterocycles. The first-order valence-electron chi connectivity index (χ1n) is 16.5. The highest BCUT2D eigenvalue weighted by atomic mass is 16.6. The molecule has 3 aromatic carbocycles. The first kappa shape index (κ1) is 40.5. The van der Waals surface area contributed by atoms with Crippen LogP contribution in [0.5, 0.6) is 0 Å².